The van der Waals surface area contributed by atoms with Gasteiger partial charge < -0.3 is 25.3 Å². The van der Waals surface area contributed by atoms with Crippen molar-refractivity contribution in [1.29, 1.82) is 0 Å². The smallest absolute Gasteiger partial charge is 0.832 e. The topological polar surface area (TPSA) is 121 Å². The van der Waals surface area contributed by atoms with E-state index in [1.807, 2.05) is 0 Å². The molecule has 88 valence electrons. The van der Waals surface area contributed by atoms with Crippen LogP contribution in [-0.4, -0.2) is 33.6 Å². The van der Waals surface area contributed by atoms with Crippen LogP contribution in [0.15, 0.2) is 21.1 Å². The molecule has 0 aromatic heterocycles. The number of hydrogen-bond donors (Lipinski definition) is 4. The van der Waals surface area contributed by atoms with E-state index in [0.29, 0.717) is 8.95 Å². The summed E-state index contributed by atoms with van der Waals surface area (Å²) < 4.78 is 0.965. The Morgan fingerprint density at radius 1 is 1.29 bits per heavy atom. The second-order valence-electron chi connectivity index (χ2n) is 2.39. The number of aromatic hydroxyl groups is 1. The van der Waals surface area contributed by atoms with Crippen LogP contribution in [0.1, 0.15) is 10.4 Å². The van der Waals surface area contributed by atoms with Gasteiger partial charge in [-0.1, -0.05) is 0 Å². The first kappa shape index (κ1) is 19.3. The minimum Gasteiger partial charge on any atom is -0.832 e. The third kappa shape index (κ3) is 7.11. The first-order valence-electron chi connectivity index (χ1n) is 3.69. The van der Waals surface area contributed by atoms with Gasteiger partial charge in [0.15, 0.2) is 0 Å². The summed E-state index contributed by atoms with van der Waals surface area (Å²) in [5.74, 6) is -1.42. The van der Waals surface area contributed by atoms with Gasteiger partial charge in [-0.25, -0.2) is 4.79 Å². The van der Waals surface area contributed by atoms with Crippen LogP contribution in [0.25, 0.3) is 0 Å². The molecule has 0 radical (unpaired) electrons. The SMILES string of the molecule is O=C(O)c1ccc(Br)c(Br)c1O.[Li+].[O-]B(O)O. The maximum atomic E-state index is 10.5. The average Bonchev–Trinajstić information content (AvgIpc) is 2.13. The van der Waals surface area contributed by atoms with Crippen molar-refractivity contribution in [2.45, 2.75) is 0 Å². The number of carboxylic acid groups (broad SMARTS) is 1. The normalized spacial score (nSPS) is 8.53. The van der Waals surface area contributed by atoms with Gasteiger partial charge in [0.1, 0.15) is 11.3 Å². The standard InChI is InChI=1S/C7H4Br2O3.BH2O3.Li/c8-4-2-1-3(7(11)12)6(10)5(4)9;2-1(3)4;/h1-2,10H,(H,11,12);2-3H;/q;-1;+1. The molecule has 0 amide bonds. The molecular formula is C7H6BBr2LiO6. The number of carbonyl (C=O) groups is 1. The van der Waals surface area contributed by atoms with E-state index in [9.17, 15) is 9.90 Å². The zero-order chi connectivity index (χ0) is 12.9. The quantitative estimate of drug-likeness (QED) is 0.393. The molecule has 0 bridgehead atoms. The predicted octanol–water partition coefficient (Wildman–Crippen LogP) is -3.06. The van der Waals surface area contributed by atoms with E-state index in [0.717, 1.165) is 0 Å². The fourth-order valence-electron chi connectivity index (χ4n) is 0.713. The maximum Gasteiger partial charge on any atom is 1.00 e. The molecule has 0 saturated carbocycles. The number of halogens is 2. The maximum absolute atomic E-state index is 10.5. The van der Waals surface area contributed by atoms with Gasteiger partial charge in [0.05, 0.1) is 4.47 Å². The van der Waals surface area contributed by atoms with Crippen molar-refractivity contribution >= 4 is 45.2 Å². The van der Waals surface area contributed by atoms with E-state index >= 15 is 0 Å². The second kappa shape index (κ2) is 8.99. The largest absolute Gasteiger partial charge is 1.00 e. The van der Waals surface area contributed by atoms with Crippen LogP contribution < -0.4 is 23.9 Å². The molecule has 6 nitrogen and oxygen atoms in total. The Hall–Kier alpha value is -0.00766. The summed E-state index contributed by atoms with van der Waals surface area (Å²) in [6, 6.07) is 2.87. The summed E-state index contributed by atoms with van der Waals surface area (Å²) in [6.07, 6.45) is 0. The number of benzene rings is 1. The fraction of sp³-hybridized carbons (Fsp3) is 0. The molecule has 0 spiro atoms. The zero-order valence-electron chi connectivity index (χ0n) is 8.59. The minimum absolute atomic E-state index is 0. The number of phenols is 1. The third-order valence-electron chi connectivity index (χ3n) is 1.30. The van der Waals surface area contributed by atoms with Gasteiger partial charge in [0.2, 0.25) is 0 Å². The van der Waals surface area contributed by atoms with Crippen LogP contribution >= 0.6 is 31.9 Å². The first-order valence-corrected chi connectivity index (χ1v) is 5.28. The van der Waals surface area contributed by atoms with Gasteiger partial charge >= 0.3 is 32.2 Å². The van der Waals surface area contributed by atoms with E-state index < -0.39 is 13.3 Å². The van der Waals surface area contributed by atoms with E-state index in [1.54, 1.807) is 6.07 Å². The molecule has 17 heavy (non-hydrogen) atoms. The summed E-state index contributed by atoms with van der Waals surface area (Å²) in [5.41, 5.74) is -0.120. The Morgan fingerprint density at radius 3 is 2.06 bits per heavy atom. The molecular weight excluding hydrogens is 358 g/mol. The summed E-state index contributed by atoms with van der Waals surface area (Å²) in [5, 5.41) is 40.6. The zero-order valence-corrected chi connectivity index (χ0v) is 11.8. The monoisotopic (exact) mass is 362 g/mol. The molecule has 0 aliphatic rings. The van der Waals surface area contributed by atoms with Gasteiger partial charge in [-0.3, -0.25) is 0 Å². The molecule has 1 rings (SSSR count). The van der Waals surface area contributed by atoms with Crippen molar-refractivity contribution in [1.82, 2.24) is 0 Å². The molecule has 1 aromatic rings. The Morgan fingerprint density at radius 2 is 1.71 bits per heavy atom. The molecule has 1 aromatic carbocycles. The predicted molar refractivity (Wildman–Crippen MR) is 60.7 cm³/mol. The molecule has 10 heteroatoms. The molecule has 0 heterocycles. The first-order chi connectivity index (χ1) is 7.27. The summed E-state index contributed by atoms with van der Waals surface area (Å²) in [4.78, 5) is 10.5. The summed E-state index contributed by atoms with van der Waals surface area (Å²) >= 11 is 6.17. The van der Waals surface area contributed by atoms with Crippen LogP contribution in [0.3, 0.4) is 0 Å². The summed E-state index contributed by atoms with van der Waals surface area (Å²) in [7, 11) is -2.42. The van der Waals surface area contributed by atoms with Gasteiger partial charge in [-0.2, -0.15) is 0 Å². The van der Waals surface area contributed by atoms with Crippen molar-refractivity contribution in [2.24, 2.45) is 0 Å². The Kier molecular flexibility index (Phi) is 10.2. The Balaban J connectivity index is 0. The van der Waals surface area contributed by atoms with Gasteiger partial charge in [-0.15, -0.1) is 0 Å². The molecule has 0 aliphatic carbocycles. The van der Waals surface area contributed by atoms with Crippen molar-refractivity contribution in [3.63, 3.8) is 0 Å². The number of carboxylic acids is 1. The van der Waals surface area contributed by atoms with Crippen LogP contribution in [0.4, 0.5) is 0 Å². The second-order valence-corrected chi connectivity index (χ2v) is 4.04. The molecule has 0 saturated heterocycles. The Bertz CT molecular complexity index is 386. The van der Waals surface area contributed by atoms with Crippen molar-refractivity contribution < 1.29 is 48.9 Å². The fourth-order valence-corrected chi connectivity index (χ4v) is 1.38. The van der Waals surface area contributed by atoms with Crippen molar-refractivity contribution in [3.8, 4) is 5.75 Å². The minimum atomic E-state index is -2.42. The van der Waals surface area contributed by atoms with E-state index in [4.69, 9.17) is 20.2 Å². The number of rotatable bonds is 1. The molecule has 0 atom stereocenters. The number of hydrogen-bond acceptors (Lipinski definition) is 5. The van der Waals surface area contributed by atoms with Crippen LogP contribution in [-0.2, 0) is 0 Å². The van der Waals surface area contributed by atoms with Crippen LogP contribution in [0.2, 0.25) is 0 Å². The third-order valence-corrected chi connectivity index (χ3v) is 3.30. The van der Waals surface area contributed by atoms with E-state index in [-0.39, 0.29) is 30.2 Å². The van der Waals surface area contributed by atoms with Crippen LogP contribution in [0, 0.1) is 0 Å². The summed E-state index contributed by atoms with van der Waals surface area (Å²) in [6.45, 7) is 0. The average molecular weight is 364 g/mol. The van der Waals surface area contributed by atoms with Crippen molar-refractivity contribution in [3.05, 3.63) is 26.6 Å². The van der Waals surface area contributed by atoms with Gasteiger partial charge in [0, 0.05) is 4.47 Å². The van der Waals surface area contributed by atoms with Gasteiger partial charge in [-0.05, 0) is 44.0 Å². The number of aromatic carboxylic acids is 1. The van der Waals surface area contributed by atoms with Crippen molar-refractivity contribution in [2.75, 3.05) is 0 Å². The van der Waals surface area contributed by atoms with E-state index in [2.05, 4.69) is 31.9 Å². The van der Waals surface area contributed by atoms with Gasteiger partial charge in [0.25, 0.3) is 0 Å². The van der Waals surface area contributed by atoms with Crippen LogP contribution in [0.5, 0.6) is 5.75 Å². The molecule has 0 unspecified atom stereocenters. The Labute approximate surface area is 126 Å². The molecule has 0 aliphatic heterocycles. The molecule has 4 N–H and O–H groups in total. The molecule has 0 fully saturated rings. The van der Waals surface area contributed by atoms with E-state index in [1.165, 1.54) is 6.07 Å².